The Kier molecular flexibility index (Phi) is 7.47. The first kappa shape index (κ1) is 25.4. The van der Waals surface area contributed by atoms with Crippen molar-refractivity contribution in [3.63, 3.8) is 0 Å². The van der Waals surface area contributed by atoms with Gasteiger partial charge in [-0.2, -0.15) is 10.5 Å². The zero-order valence-electron chi connectivity index (χ0n) is 21.0. The molecule has 0 saturated carbocycles. The molecule has 4 aromatic carbocycles. The Balaban J connectivity index is 1.61. The van der Waals surface area contributed by atoms with E-state index in [-0.39, 0.29) is 0 Å². The largest absolute Gasteiger partial charge is 0.594 e. The monoisotopic (exact) mass is 484 g/mol. The van der Waals surface area contributed by atoms with Crippen molar-refractivity contribution in [2.75, 3.05) is 0 Å². The van der Waals surface area contributed by atoms with Crippen molar-refractivity contribution in [1.29, 1.82) is 10.5 Å². The number of rotatable bonds is 8. The van der Waals surface area contributed by atoms with Gasteiger partial charge in [0.15, 0.2) is 0 Å². The Morgan fingerprint density at radius 1 is 0.622 bits per heavy atom. The van der Waals surface area contributed by atoms with Crippen LogP contribution in [0.5, 0.6) is 0 Å². The lowest BCUT2D eigenvalue weighted by Crippen LogP contribution is -2.24. The average molecular weight is 485 g/mol. The minimum Gasteiger partial charge on any atom is -0.594 e. The van der Waals surface area contributed by atoms with Crippen LogP contribution in [-0.2, 0) is 10.8 Å². The molecule has 0 aliphatic carbocycles. The normalized spacial score (nSPS) is 14.5. The van der Waals surface area contributed by atoms with Crippen LogP contribution in [0.2, 0.25) is 0 Å². The van der Waals surface area contributed by atoms with E-state index < -0.39 is 10.8 Å². The van der Waals surface area contributed by atoms with Gasteiger partial charge in [-0.15, -0.1) is 0 Å². The molecule has 182 valence electrons. The van der Waals surface area contributed by atoms with Gasteiger partial charge in [0.05, 0.1) is 12.1 Å². The molecule has 0 spiro atoms. The molecule has 0 saturated heterocycles. The summed E-state index contributed by atoms with van der Waals surface area (Å²) in [6.07, 6.45) is 1.23. The number of nitriles is 2. The van der Waals surface area contributed by atoms with E-state index in [4.69, 9.17) is 0 Å². The van der Waals surface area contributed by atoms with Crippen LogP contribution >= 0.6 is 0 Å². The number of hydrogen-bond donors (Lipinski definition) is 0. The molecule has 2 atom stereocenters. The van der Waals surface area contributed by atoms with Gasteiger partial charge in [-0.25, -0.2) is 0 Å². The topological polar surface area (TPSA) is 86.0 Å². The standard InChI is InChI=1S/C32H28N4O/c1-3-31(23-33,25-11-7-5-8-12-25)27-15-19-29(20-16-27)35-36(37)30-21-17-28(18-22-30)32(4-2,24-34)26-13-9-6-10-14-26/h5-22H,3-4H2,1-2H3/t31-,32-/m1/s1. The molecule has 4 aromatic rings. The second-order valence-corrected chi connectivity index (χ2v) is 8.94. The summed E-state index contributed by atoms with van der Waals surface area (Å²) in [6.45, 7) is 3.98. The highest BCUT2D eigenvalue weighted by Crippen LogP contribution is 2.37. The van der Waals surface area contributed by atoms with Crippen molar-refractivity contribution >= 4 is 11.4 Å². The first-order valence-corrected chi connectivity index (χ1v) is 12.4. The zero-order chi connectivity index (χ0) is 26.3. The molecule has 4 rings (SSSR count). The number of nitrogens with zero attached hydrogens (tertiary/aromatic N) is 4. The van der Waals surface area contributed by atoms with E-state index in [1.165, 1.54) is 0 Å². The minimum absolute atomic E-state index is 0.369. The van der Waals surface area contributed by atoms with Crippen molar-refractivity contribution in [2.45, 2.75) is 37.5 Å². The van der Waals surface area contributed by atoms with E-state index in [0.29, 0.717) is 29.1 Å². The zero-order valence-corrected chi connectivity index (χ0v) is 21.0. The number of hydrogen-bond acceptors (Lipinski definition) is 4. The summed E-state index contributed by atoms with van der Waals surface area (Å²) in [5.41, 5.74) is 2.86. The molecular formula is C32H28N4O. The van der Waals surface area contributed by atoms with Crippen molar-refractivity contribution in [3.8, 4) is 12.1 Å². The molecule has 0 aliphatic heterocycles. The van der Waals surface area contributed by atoms with Crippen LogP contribution in [0.15, 0.2) is 114 Å². The molecule has 0 aromatic heterocycles. The molecule has 0 aliphatic rings. The summed E-state index contributed by atoms with van der Waals surface area (Å²) >= 11 is 0. The predicted molar refractivity (Wildman–Crippen MR) is 145 cm³/mol. The third-order valence-corrected chi connectivity index (χ3v) is 7.12. The maximum Gasteiger partial charge on any atom is 0.244 e. The molecule has 37 heavy (non-hydrogen) atoms. The van der Waals surface area contributed by atoms with E-state index in [2.05, 4.69) is 17.3 Å². The fraction of sp³-hybridized carbons (Fsp3) is 0.188. The van der Waals surface area contributed by atoms with Gasteiger partial charge in [-0.1, -0.05) is 104 Å². The Labute approximate surface area is 218 Å². The molecule has 5 nitrogen and oxygen atoms in total. The minimum atomic E-state index is -0.786. The fourth-order valence-corrected chi connectivity index (χ4v) is 4.86. The van der Waals surface area contributed by atoms with Gasteiger partial charge >= 0.3 is 0 Å². The van der Waals surface area contributed by atoms with Crippen LogP contribution < -0.4 is 0 Å². The Morgan fingerprint density at radius 2 is 1.00 bits per heavy atom. The lowest BCUT2D eigenvalue weighted by atomic mass is 9.74. The smallest absolute Gasteiger partial charge is 0.244 e. The maximum absolute atomic E-state index is 12.8. The van der Waals surface area contributed by atoms with E-state index in [9.17, 15) is 15.7 Å². The Morgan fingerprint density at radius 3 is 1.38 bits per heavy atom. The van der Waals surface area contributed by atoms with Gasteiger partial charge in [0.25, 0.3) is 0 Å². The summed E-state index contributed by atoms with van der Waals surface area (Å²) in [5.74, 6) is 0. The highest BCUT2D eigenvalue weighted by Gasteiger charge is 2.33. The van der Waals surface area contributed by atoms with Crippen LogP contribution in [0.1, 0.15) is 48.9 Å². The van der Waals surface area contributed by atoms with Gasteiger partial charge in [0, 0.05) is 17.2 Å². The van der Waals surface area contributed by atoms with Crippen molar-refractivity contribution < 1.29 is 4.86 Å². The lowest BCUT2D eigenvalue weighted by molar-refractivity contribution is -0.435. The van der Waals surface area contributed by atoms with Gasteiger partial charge in [-0.3, -0.25) is 0 Å². The van der Waals surface area contributed by atoms with E-state index in [0.717, 1.165) is 22.3 Å². The first-order chi connectivity index (χ1) is 18.0. The van der Waals surface area contributed by atoms with Crippen molar-refractivity contribution in [2.24, 2.45) is 5.11 Å². The molecule has 0 heterocycles. The van der Waals surface area contributed by atoms with E-state index in [1.807, 2.05) is 98.8 Å². The molecule has 0 amide bonds. The third kappa shape index (κ3) is 4.73. The first-order valence-electron chi connectivity index (χ1n) is 12.4. The van der Waals surface area contributed by atoms with E-state index >= 15 is 0 Å². The van der Waals surface area contributed by atoms with Crippen molar-refractivity contribution in [1.82, 2.24) is 0 Å². The molecule has 0 N–H and O–H groups in total. The second-order valence-electron chi connectivity index (χ2n) is 8.94. The van der Waals surface area contributed by atoms with Gasteiger partial charge in [0.1, 0.15) is 16.5 Å². The number of azo groups is 1. The average Bonchev–Trinajstić information content (AvgIpc) is 2.97. The Hall–Kier alpha value is -4.74. The molecule has 0 bridgehead atoms. The maximum atomic E-state index is 12.8. The molecule has 0 fully saturated rings. The predicted octanol–water partition coefficient (Wildman–Crippen LogP) is 8.05. The highest BCUT2D eigenvalue weighted by atomic mass is 16.5. The summed E-state index contributed by atoms with van der Waals surface area (Å²) in [4.78, 5) is 0.579. The van der Waals surface area contributed by atoms with Crippen LogP contribution in [0.25, 0.3) is 0 Å². The van der Waals surface area contributed by atoms with Crippen molar-refractivity contribution in [3.05, 3.63) is 137 Å². The van der Waals surface area contributed by atoms with Crippen LogP contribution in [0.4, 0.5) is 11.4 Å². The van der Waals surface area contributed by atoms with Gasteiger partial charge < -0.3 is 5.21 Å². The quantitative estimate of drug-likeness (QED) is 0.144. The second kappa shape index (κ2) is 10.9. The van der Waals surface area contributed by atoms with Crippen LogP contribution in [0, 0.1) is 27.9 Å². The van der Waals surface area contributed by atoms with Gasteiger partial charge in [-0.05, 0) is 47.2 Å². The van der Waals surface area contributed by atoms with Gasteiger partial charge in [0.2, 0.25) is 5.69 Å². The molecule has 5 heteroatoms. The molecule has 0 radical (unpaired) electrons. The summed E-state index contributed by atoms with van der Waals surface area (Å²) in [5, 5.41) is 37.2. The molecular weight excluding hydrogens is 456 g/mol. The summed E-state index contributed by atoms with van der Waals surface area (Å²) in [7, 11) is 0. The lowest BCUT2D eigenvalue weighted by Gasteiger charge is -2.26. The number of benzene rings is 4. The third-order valence-electron chi connectivity index (χ3n) is 7.12. The van der Waals surface area contributed by atoms with E-state index in [1.54, 1.807) is 24.3 Å². The Bertz CT molecular complexity index is 1450. The van der Waals surface area contributed by atoms with Crippen LogP contribution in [0.3, 0.4) is 0 Å². The highest BCUT2D eigenvalue weighted by molar-refractivity contribution is 5.50. The van der Waals surface area contributed by atoms with Crippen LogP contribution in [-0.4, -0.2) is 4.86 Å². The SMILES string of the molecule is CC[C@@](C#N)(c1ccccc1)c1ccc(N=[N+]([O-])c2ccc([C@@](C#N)(CC)c3ccccc3)cc2)cc1. The fourth-order valence-electron chi connectivity index (χ4n) is 4.86. The summed E-state index contributed by atoms with van der Waals surface area (Å²) in [6, 6.07) is 38.7. The molecule has 0 unspecified atom stereocenters. The summed E-state index contributed by atoms with van der Waals surface area (Å²) < 4.78 is 0.